The molecule has 1 aliphatic rings. The Morgan fingerprint density at radius 1 is 1.06 bits per heavy atom. The summed E-state index contributed by atoms with van der Waals surface area (Å²) < 4.78 is 40.5. The van der Waals surface area contributed by atoms with Gasteiger partial charge in [-0.2, -0.15) is 18.3 Å². The molecule has 1 aliphatic carbocycles. The maximum absolute atomic E-state index is 13.2. The predicted molar refractivity (Wildman–Crippen MR) is 60.6 cm³/mol. The molecule has 3 rings (SSSR count). The fourth-order valence-electron chi connectivity index (χ4n) is 2.44. The number of fused-ring (bicyclic) bond motifs is 1. The van der Waals surface area contributed by atoms with Crippen LogP contribution in [-0.4, -0.2) is 9.78 Å². The van der Waals surface area contributed by atoms with Gasteiger partial charge in [-0.15, -0.1) is 0 Å². The van der Waals surface area contributed by atoms with Crippen molar-refractivity contribution in [1.29, 1.82) is 0 Å². The van der Waals surface area contributed by atoms with Gasteiger partial charge in [0.15, 0.2) is 5.69 Å². The summed E-state index contributed by atoms with van der Waals surface area (Å²) in [5.41, 5.74) is 0.804. The minimum atomic E-state index is -4.36. The van der Waals surface area contributed by atoms with E-state index in [1.165, 1.54) is 0 Å². The van der Waals surface area contributed by atoms with Gasteiger partial charge < -0.3 is 0 Å². The average molecular weight is 252 g/mol. The summed E-state index contributed by atoms with van der Waals surface area (Å²) in [4.78, 5) is 0. The Kier molecular flexibility index (Phi) is 2.43. The molecule has 0 spiro atoms. The smallest absolute Gasteiger partial charge is 0.228 e. The van der Waals surface area contributed by atoms with Crippen LogP contribution in [0.5, 0.6) is 0 Å². The highest BCUT2D eigenvalue weighted by Crippen LogP contribution is 2.38. The predicted octanol–water partition coefficient (Wildman–Crippen LogP) is 3.38. The van der Waals surface area contributed by atoms with Crippen LogP contribution in [0, 0.1) is 0 Å². The Morgan fingerprint density at radius 3 is 2.44 bits per heavy atom. The van der Waals surface area contributed by atoms with E-state index in [-0.39, 0.29) is 0 Å². The first-order chi connectivity index (χ1) is 8.57. The average Bonchev–Trinajstić information content (AvgIpc) is 2.87. The van der Waals surface area contributed by atoms with Crippen molar-refractivity contribution >= 4 is 0 Å². The van der Waals surface area contributed by atoms with Gasteiger partial charge in [0.2, 0.25) is 0 Å². The Balaban J connectivity index is 2.22. The van der Waals surface area contributed by atoms with E-state index in [4.69, 9.17) is 0 Å². The number of aryl methyl sites for hydroxylation is 1. The highest BCUT2D eigenvalue weighted by molar-refractivity contribution is 5.40. The van der Waals surface area contributed by atoms with Crippen molar-refractivity contribution in [3.05, 3.63) is 47.3 Å². The van der Waals surface area contributed by atoms with Crippen LogP contribution in [0.3, 0.4) is 0 Å². The molecule has 0 amide bonds. The maximum Gasteiger partial charge on any atom is 0.433 e. The first kappa shape index (κ1) is 11.3. The summed E-state index contributed by atoms with van der Waals surface area (Å²) in [6.07, 6.45) is -2.49. The molecule has 2 nitrogen and oxygen atoms in total. The lowest BCUT2D eigenvalue weighted by molar-refractivity contribution is -0.143. The maximum atomic E-state index is 13.2. The normalized spacial score (nSPS) is 14.8. The van der Waals surface area contributed by atoms with E-state index in [0.717, 1.165) is 11.1 Å². The van der Waals surface area contributed by atoms with Crippen molar-refractivity contribution in [3.8, 4) is 5.69 Å². The first-order valence-electron chi connectivity index (χ1n) is 5.81. The van der Waals surface area contributed by atoms with E-state index in [2.05, 4.69) is 5.10 Å². The summed E-state index contributed by atoms with van der Waals surface area (Å²) in [6.45, 7) is 0. The standard InChI is InChI=1S/C13H11F3N2/c14-13(15,16)12-10-7-4-8-11(10)17-18(12)9-5-2-1-3-6-9/h1-3,5-6H,4,7-8H2. The molecule has 0 fully saturated rings. The number of halogens is 3. The fourth-order valence-corrected chi connectivity index (χ4v) is 2.44. The van der Waals surface area contributed by atoms with Gasteiger partial charge in [-0.05, 0) is 31.4 Å². The molecule has 94 valence electrons. The SMILES string of the molecule is FC(F)(F)c1c2c(nn1-c1ccccc1)CCC2. The number of nitrogens with zero attached hydrogens (tertiary/aromatic N) is 2. The number of benzene rings is 1. The van der Waals surface area contributed by atoms with Crippen LogP contribution >= 0.6 is 0 Å². The molecule has 1 aromatic heterocycles. The van der Waals surface area contributed by atoms with Gasteiger partial charge in [0.25, 0.3) is 0 Å². The molecule has 0 bridgehead atoms. The molecule has 0 radical (unpaired) electrons. The molecule has 5 heteroatoms. The zero-order chi connectivity index (χ0) is 12.8. The molecule has 0 N–H and O–H groups in total. The summed E-state index contributed by atoms with van der Waals surface area (Å²) >= 11 is 0. The topological polar surface area (TPSA) is 17.8 Å². The Hall–Kier alpha value is -1.78. The van der Waals surface area contributed by atoms with Gasteiger partial charge >= 0.3 is 6.18 Å². The fraction of sp³-hybridized carbons (Fsp3) is 0.308. The zero-order valence-corrected chi connectivity index (χ0v) is 9.54. The number of aromatic nitrogens is 2. The van der Waals surface area contributed by atoms with Crippen LogP contribution in [0.25, 0.3) is 5.69 Å². The summed E-state index contributed by atoms with van der Waals surface area (Å²) in [7, 11) is 0. The Bertz CT molecular complexity index is 570. The number of rotatable bonds is 1. The van der Waals surface area contributed by atoms with Gasteiger partial charge in [0, 0.05) is 5.56 Å². The van der Waals surface area contributed by atoms with Crippen LogP contribution in [-0.2, 0) is 19.0 Å². The van der Waals surface area contributed by atoms with Gasteiger partial charge in [-0.3, -0.25) is 0 Å². The van der Waals surface area contributed by atoms with Crippen molar-refractivity contribution in [1.82, 2.24) is 9.78 Å². The number of hydrogen-bond acceptors (Lipinski definition) is 1. The summed E-state index contributed by atoms with van der Waals surface area (Å²) in [5, 5.41) is 4.12. The van der Waals surface area contributed by atoms with Gasteiger partial charge in [-0.25, -0.2) is 4.68 Å². The molecule has 0 saturated carbocycles. The highest BCUT2D eigenvalue weighted by atomic mass is 19.4. The minimum Gasteiger partial charge on any atom is -0.228 e. The molecule has 0 atom stereocenters. The molecule has 1 heterocycles. The summed E-state index contributed by atoms with van der Waals surface area (Å²) in [6, 6.07) is 8.47. The van der Waals surface area contributed by atoms with Crippen LogP contribution in [0.2, 0.25) is 0 Å². The van der Waals surface area contributed by atoms with Crippen molar-refractivity contribution in [3.63, 3.8) is 0 Å². The number of alkyl halides is 3. The van der Waals surface area contributed by atoms with Crippen LogP contribution in [0.4, 0.5) is 13.2 Å². The van der Waals surface area contributed by atoms with E-state index in [9.17, 15) is 13.2 Å². The van der Waals surface area contributed by atoms with E-state index in [1.54, 1.807) is 30.3 Å². The second-order valence-electron chi connectivity index (χ2n) is 4.37. The van der Waals surface area contributed by atoms with Crippen LogP contribution in [0.1, 0.15) is 23.4 Å². The Labute approximate surface area is 102 Å². The monoisotopic (exact) mass is 252 g/mol. The number of hydrogen-bond donors (Lipinski definition) is 0. The molecule has 0 unspecified atom stereocenters. The van der Waals surface area contributed by atoms with Gasteiger partial charge in [-0.1, -0.05) is 18.2 Å². The van der Waals surface area contributed by atoms with E-state index in [1.807, 2.05) is 0 Å². The largest absolute Gasteiger partial charge is 0.433 e. The highest BCUT2D eigenvalue weighted by Gasteiger charge is 2.41. The molecule has 0 saturated heterocycles. The molecular formula is C13H11F3N2. The zero-order valence-electron chi connectivity index (χ0n) is 9.54. The minimum absolute atomic E-state index is 0.367. The third kappa shape index (κ3) is 1.70. The second-order valence-corrected chi connectivity index (χ2v) is 4.37. The lowest BCUT2D eigenvalue weighted by atomic mass is 10.2. The van der Waals surface area contributed by atoms with E-state index < -0.39 is 11.9 Å². The molecular weight excluding hydrogens is 241 g/mol. The molecule has 0 aliphatic heterocycles. The van der Waals surface area contributed by atoms with Gasteiger partial charge in [0.1, 0.15) is 0 Å². The third-order valence-electron chi connectivity index (χ3n) is 3.18. The van der Waals surface area contributed by atoms with Gasteiger partial charge in [0.05, 0.1) is 11.4 Å². The molecule has 1 aromatic carbocycles. The van der Waals surface area contributed by atoms with Crippen molar-refractivity contribution in [2.24, 2.45) is 0 Å². The Morgan fingerprint density at radius 2 is 1.78 bits per heavy atom. The first-order valence-corrected chi connectivity index (χ1v) is 5.81. The molecule has 2 aromatic rings. The van der Waals surface area contributed by atoms with E-state index >= 15 is 0 Å². The summed E-state index contributed by atoms with van der Waals surface area (Å²) in [5.74, 6) is 0. The quantitative estimate of drug-likeness (QED) is 0.760. The van der Waals surface area contributed by atoms with Crippen molar-refractivity contribution < 1.29 is 13.2 Å². The van der Waals surface area contributed by atoms with Crippen molar-refractivity contribution in [2.75, 3.05) is 0 Å². The lowest BCUT2D eigenvalue weighted by Gasteiger charge is -2.12. The van der Waals surface area contributed by atoms with Crippen molar-refractivity contribution in [2.45, 2.75) is 25.4 Å². The van der Waals surface area contributed by atoms with Crippen LogP contribution in [0.15, 0.2) is 30.3 Å². The third-order valence-corrected chi connectivity index (χ3v) is 3.18. The number of para-hydroxylation sites is 1. The second kappa shape index (κ2) is 3.86. The lowest BCUT2D eigenvalue weighted by Crippen LogP contribution is -2.15. The molecule has 18 heavy (non-hydrogen) atoms. The van der Waals surface area contributed by atoms with Crippen LogP contribution < -0.4 is 0 Å². The van der Waals surface area contributed by atoms with E-state index in [0.29, 0.717) is 29.8 Å².